The number of rotatable bonds is 4. The molecule has 1 aliphatic heterocycles. The van der Waals surface area contributed by atoms with Crippen molar-refractivity contribution in [1.29, 1.82) is 0 Å². The van der Waals surface area contributed by atoms with Crippen LogP contribution in [0.15, 0.2) is 18.2 Å². The Balaban J connectivity index is 1.91. The van der Waals surface area contributed by atoms with Crippen LogP contribution in [-0.4, -0.2) is 29.6 Å². The van der Waals surface area contributed by atoms with Gasteiger partial charge in [0.25, 0.3) is 0 Å². The van der Waals surface area contributed by atoms with Gasteiger partial charge in [-0.2, -0.15) is 0 Å². The molecule has 2 rings (SSSR count). The molecule has 0 aromatic heterocycles. The molecule has 2 nitrogen and oxygen atoms in total. The molecule has 1 fully saturated rings. The molecular formula is C16H23F2NO. The van der Waals surface area contributed by atoms with E-state index < -0.39 is 17.7 Å². The number of piperidine rings is 1. The van der Waals surface area contributed by atoms with E-state index in [9.17, 15) is 13.9 Å². The second-order valence-electron chi connectivity index (χ2n) is 6.18. The van der Waals surface area contributed by atoms with Crippen molar-refractivity contribution in [2.24, 2.45) is 11.8 Å². The molecule has 0 spiro atoms. The molecule has 0 radical (unpaired) electrons. The van der Waals surface area contributed by atoms with Gasteiger partial charge in [0, 0.05) is 25.2 Å². The van der Waals surface area contributed by atoms with E-state index in [1.54, 1.807) is 0 Å². The average molecular weight is 283 g/mol. The fraction of sp³-hybridized carbons (Fsp3) is 0.625. The van der Waals surface area contributed by atoms with Crippen LogP contribution in [0.1, 0.15) is 38.4 Å². The van der Waals surface area contributed by atoms with Gasteiger partial charge in [0.05, 0.1) is 6.10 Å². The Labute approximate surface area is 119 Å². The van der Waals surface area contributed by atoms with Crippen molar-refractivity contribution < 1.29 is 13.9 Å². The number of hydrogen-bond acceptors (Lipinski definition) is 2. The van der Waals surface area contributed by atoms with Crippen LogP contribution < -0.4 is 0 Å². The summed E-state index contributed by atoms with van der Waals surface area (Å²) in [5.74, 6) is 0.253. The van der Waals surface area contributed by atoms with Gasteiger partial charge < -0.3 is 10.0 Å². The van der Waals surface area contributed by atoms with E-state index in [0.29, 0.717) is 24.8 Å². The average Bonchev–Trinajstić information content (AvgIpc) is 2.38. The number of likely N-dealkylation sites (tertiary alicyclic amines) is 1. The van der Waals surface area contributed by atoms with Crippen LogP contribution in [0.25, 0.3) is 0 Å². The third kappa shape index (κ3) is 4.00. The Morgan fingerprint density at radius 3 is 2.55 bits per heavy atom. The monoisotopic (exact) mass is 283 g/mol. The van der Waals surface area contributed by atoms with Crippen LogP contribution in [0.2, 0.25) is 0 Å². The standard InChI is InChI=1S/C16H23F2NO/c1-11-7-12(2)10-19(9-11)6-5-16(20)14-8-13(17)3-4-15(14)18/h3-4,8,11-12,16,20H,5-7,9-10H2,1-2H3. The predicted molar refractivity (Wildman–Crippen MR) is 75.3 cm³/mol. The summed E-state index contributed by atoms with van der Waals surface area (Å²) in [6, 6.07) is 3.22. The first kappa shape index (κ1) is 15.4. The van der Waals surface area contributed by atoms with Crippen molar-refractivity contribution in [2.45, 2.75) is 32.8 Å². The van der Waals surface area contributed by atoms with Crippen LogP contribution in [0.3, 0.4) is 0 Å². The number of aliphatic hydroxyl groups is 1. The van der Waals surface area contributed by atoms with Crippen molar-refractivity contribution >= 4 is 0 Å². The molecule has 1 N–H and O–H groups in total. The maximum atomic E-state index is 13.6. The van der Waals surface area contributed by atoms with Crippen molar-refractivity contribution in [3.05, 3.63) is 35.4 Å². The lowest BCUT2D eigenvalue weighted by Crippen LogP contribution is -2.39. The fourth-order valence-electron chi connectivity index (χ4n) is 3.20. The zero-order valence-corrected chi connectivity index (χ0v) is 12.1. The molecule has 1 aromatic carbocycles. The second-order valence-corrected chi connectivity index (χ2v) is 6.18. The number of halogens is 2. The molecule has 1 saturated heterocycles. The molecule has 3 atom stereocenters. The number of aliphatic hydroxyl groups excluding tert-OH is 1. The summed E-state index contributed by atoms with van der Waals surface area (Å²) in [6.07, 6.45) is 0.718. The van der Waals surface area contributed by atoms with Gasteiger partial charge in [0.15, 0.2) is 0 Å². The van der Waals surface area contributed by atoms with Crippen LogP contribution in [0.5, 0.6) is 0 Å². The zero-order chi connectivity index (χ0) is 14.7. The van der Waals surface area contributed by atoms with Gasteiger partial charge in [-0.3, -0.25) is 0 Å². The summed E-state index contributed by atoms with van der Waals surface area (Å²) in [6.45, 7) is 7.20. The van der Waals surface area contributed by atoms with Gasteiger partial charge in [-0.25, -0.2) is 8.78 Å². The molecule has 3 unspecified atom stereocenters. The van der Waals surface area contributed by atoms with Crippen LogP contribution in [0.4, 0.5) is 8.78 Å². The molecule has 20 heavy (non-hydrogen) atoms. The Morgan fingerprint density at radius 1 is 1.25 bits per heavy atom. The molecular weight excluding hydrogens is 260 g/mol. The minimum absolute atomic E-state index is 0.0584. The summed E-state index contributed by atoms with van der Waals surface area (Å²) < 4.78 is 26.7. The molecule has 112 valence electrons. The summed E-state index contributed by atoms with van der Waals surface area (Å²) in [4.78, 5) is 2.30. The lowest BCUT2D eigenvalue weighted by atomic mass is 9.91. The van der Waals surface area contributed by atoms with Gasteiger partial charge in [-0.1, -0.05) is 13.8 Å². The van der Waals surface area contributed by atoms with Gasteiger partial charge in [0.1, 0.15) is 11.6 Å². The van der Waals surface area contributed by atoms with Crippen molar-refractivity contribution in [3.8, 4) is 0 Å². The smallest absolute Gasteiger partial charge is 0.129 e. The zero-order valence-electron chi connectivity index (χ0n) is 12.1. The van der Waals surface area contributed by atoms with Crippen molar-refractivity contribution in [3.63, 3.8) is 0 Å². The first-order valence-electron chi connectivity index (χ1n) is 7.31. The first-order chi connectivity index (χ1) is 9.45. The van der Waals surface area contributed by atoms with Gasteiger partial charge in [0.2, 0.25) is 0 Å². The van der Waals surface area contributed by atoms with Crippen LogP contribution >= 0.6 is 0 Å². The summed E-state index contributed by atoms with van der Waals surface area (Å²) >= 11 is 0. The molecule has 0 aliphatic carbocycles. The summed E-state index contributed by atoms with van der Waals surface area (Å²) in [5, 5.41) is 10.1. The summed E-state index contributed by atoms with van der Waals surface area (Å²) in [5.41, 5.74) is 0.0584. The number of benzene rings is 1. The number of nitrogens with zero attached hydrogens (tertiary/aromatic N) is 1. The minimum atomic E-state index is -0.946. The molecule has 0 amide bonds. The highest BCUT2D eigenvalue weighted by Gasteiger charge is 2.22. The normalized spacial score (nSPS) is 25.6. The third-order valence-corrected chi connectivity index (χ3v) is 3.98. The van der Waals surface area contributed by atoms with Gasteiger partial charge in [-0.15, -0.1) is 0 Å². The highest BCUT2D eigenvalue weighted by atomic mass is 19.1. The number of hydrogen-bond donors (Lipinski definition) is 1. The van der Waals surface area contributed by atoms with Crippen LogP contribution in [-0.2, 0) is 0 Å². The fourth-order valence-corrected chi connectivity index (χ4v) is 3.20. The van der Waals surface area contributed by atoms with Crippen LogP contribution in [0, 0.1) is 23.5 Å². The SMILES string of the molecule is CC1CC(C)CN(CCC(O)c2cc(F)ccc2F)C1. The lowest BCUT2D eigenvalue weighted by molar-refractivity contribution is 0.101. The first-order valence-corrected chi connectivity index (χ1v) is 7.31. The second kappa shape index (κ2) is 6.64. The highest BCUT2D eigenvalue weighted by molar-refractivity contribution is 5.21. The maximum Gasteiger partial charge on any atom is 0.129 e. The Morgan fingerprint density at radius 2 is 1.90 bits per heavy atom. The van der Waals surface area contributed by atoms with Crippen molar-refractivity contribution in [2.75, 3.05) is 19.6 Å². The molecule has 4 heteroatoms. The van der Waals surface area contributed by atoms with Gasteiger partial charge in [-0.05, 0) is 42.9 Å². The maximum absolute atomic E-state index is 13.6. The van der Waals surface area contributed by atoms with E-state index in [4.69, 9.17) is 0 Å². The van der Waals surface area contributed by atoms with E-state index >= 15 is 0 Å². The van der Waals surface area contributed by atoms with E-state index in [-0.39, 0.29) is 5.56 Å². The van der Waals surface area contributed by atoms with E-state index in [1.807, 2.05) is 0 Å². The molecule has 0 bridgehead atoms. The summed E-state index contributed by atoms with van der Waals surface area (Å²) in [7, 11) is 0. The highest BCUT2D eigenvalue weighted by Crippen LogP contribution is 2.24. The van der Waals surface area contributed by atoms with E-state index in [2.05, 4.69) is 18.7 Å². The quantitative estimate of drug-likeness (QED) is 0.916. The third-order valence-electron chi connectivity index (χ3n) is 3.98. The Hall–Kier alpha value is -1.00. The van der Waals surface area contributed by atoms with E-state index in [0.717, 1.165) is 31.3 Å². The Bertz CT molecular complexity index is 442. The molecule has 1 aromatic rings. The topological polar surface area (TPSA) is 23.5 Å². The molecule has 0 saturated carbocycles. The van der Waals surface area contributed by atoms with Gasteiger partial charge >= 0.3 is 0 Å². The minimum Gasteiger partial charge on any atom is -0.388 e. The largest absolute Gasteiger partial charge is 0.388 e. The Kier molecular flexibility index (Phi) is 5.11. The van der Waals surface area contributed by atoms with Crippen molar-refractivity contribution in [1.82, 2.24) is 4.90 Å². The predicted octanol–water partition coefficient (Wildman–Crippen LogP) is 3.37. The lowest BCUT2D eigenvalue weighted by Gasteiger charge is -2.35. The molecule has 1 aliphatic rings. The molecule has 1 heterocycles. The van der Waals surface area contributed by atoms with E-state index in [1.165, 1.54) is 6.42 Å².